The number of imidazole rings is 1. The minimum absolute atomic E-state index is 0.138. The Hall–Kier alpha value is -0.870. The SMILES string of the molecule is CC(C)(C)NCc1cncn1CC1CCCO1. The first-order chi connectivity index (χ1) is 8.04. The highest BCUT2D eigenvalue weighted by Crippen LogP contribution is 2.15. The molecule has 4 heteroatoms. The van der Waals surface area contributed by atoms with Crippen molar-refractivity contribution >= 4 is 0 Å². The van der Waals surface area contributed by atoms with Crippen LogP contribution < -0.4 is 5.32 Å². The lowest BCUT2D eigenvalue weighted by molar-refractivity contribution is 0.0962. The zero-order valence-corrected chi connectivity index (χ0v) is 11.1. The molecule has 0 aromatic carbocycles. The fourth-order valence-corrected chi connectivity index (χ4v) is 2.02. The lowest BCUT2D eigenvalue weighted by Gasteiger charge is -2.21. The first-order valence-corrected chi connectivity index (χ1v) is 6.40. The van der Waals surface area contributed by atoms with Crippen molar-refractivity contribution in [3.63, 3.8) is 0 Å². The van der Waals surface area contributed by atoms with Crippen molar-refractivity contribution in [2.75, 3.05) is 6.61 Å². The molecular formula is C13H23N3O. The van der Waals surface area contributed by atoms with E-state index in [9.17, 15) is 0 Å². The van der Waals surface area contributed by atoms with Gasteiger partial charge in [0.1, 0.15) is 0 Å². The van der Waals surface area contributed by atoms with Crippen molar-refractivity contribution in [3.8, 4) is 0 Å². The Morgan fingerprint density at radius 3 is 3.00 bits per heavy atom. The van der Waals surface area contributed by atoms with Gasteiger partial charge in [0.15, 0.2) is 0 Å². The molecule has 1 aromatic heterocycles. The molecule has 0 radical (unpaired) electrons. The summed E-state index contributed by atoms with van der Waals surface area (Å²) < 4.78 is 7.86. The molecule has 4 nitrogen and oxygen atoms in total. The van der Waals surface area contributed by atoms with E-state index in [0.29, 0.717) is 6.10 Å². The maximum atomic E-state index is 5.66. The zero-order chi connectivity index (χ0) is 12.3. The summed E-state index contributed by atoms with van der Waals surface area (Å²) in [6, 6.07) is 0. The minimum atomic E-state index is 0.138. The minimum Gasteiger partial charge on any atom is -0.376 e. The van der Waals surface area contributed by atoms with Crippen molar-refractivity contribution in [1.82, 2.24) is 14.9 Å². The molecule has 0 saturated carbocycles. The third kappa shape index (κ3) is 3.82. The summed E-state index contributed by atoms with van der Waals surface area (Å²) in [4.78, 5) is 4.23. The fraction of sp³-hybridized carbons (Fsp3) is 0.769. The van der Waals surface area contributed by atoms with Crippen molar-refractivity contribution < 1.29 is 4.74 Å². The lowest BCUT2D eigenvalue weighted by Crippen LogP contribution is -2.35. The highest BCUT2D eigenvalue weighted by molar-refractivity contribution is 4.99. The predicted molar refractivity (Wildman–Crippen MR) is 67.8 cm³/mol. The van der Waals surface area contributed by atoms with Gasteiger partial charge in [-0.05, 0) is 33.6 Å². The van der Waals surface area contributed by atoms with E-state index in [4.69, 9.17) is 4.74 Å². The molecule has 1 N–H and O–H groups in total. The van der Waals surface area contributed by atoms with Crippen LogP contribution in [0.2, 0.25) is 0 Å². The molecule has 1 aliphatic rings. The van der Waals surface area contributed by atoms with E-state index in [1.165, 1.54) is 18.5 Å². The van der Waals surface area contributed by atoms with Crippen molar-refractivity contribution in [2.45, 2.75) is 58.3 Å². The molecule has 17 heavy (non-hydrogen) atoms. The van der Waals surface area contributed by atoms with Crippen LogP contribution in [0.4, 0.5) is 0 Å². The fourth-order valence-electron chi connectivity index (χ4n) is 2.02. The predicted octanol–water partition coefficient (Wildman–Crippen LogP) is 1.95. The van der Waals surface area contributed by atoms with E-state index in [0.717, 1.165) is 19.7 Å². The van der Waals surface area contributed by atoms with E-state index in [1.54, 1.807) is 0 Å². The second-order valence-electron chi connectivity index (χ2n) is 5.78. The number of aromatic nitrogens is 2. The third-order valence-corrected chi connectivity index (χ3v) is 3.02. The number of hydrogen-bond donors (Lipinski definition) is 1. The number of nitrogens with zero attached hydrogens (tertiary/aromatic N) is 2. The molecule has 1 atom stereocenters. The van der Waals surface area contributed by atoms with Crippen molar-refractivity contribution in [2.24, 2.45) is 0 Å². The average molecular weight is 237 g/mol. The smallest absolute Gasteiger partial charge is 0.0949 e. The van der Waals surface area contributed by atoms with Gasteiger partial charge >= 0.3 is 0 Å². The number of hydrogen-bond acceptors (Lipinski definition) is 3. The van der Waals surface area contributed by atoms with Gasteiger partial charge in [-0.25, -0.2) is 4.98 Å². The quantitative estimate of drug-likeness (QED) is 0.870. The molecule has 1 aliphatic heterocycles. The van der Waals surface area contributed by atoms with Crippen LogP contribution >= 0.6 is 0 Å². The number of nitrogens with one attached hydrogen (secondary N) is 1. The van der Waals surface area contributed by atoms with Crippen LogP contribution in [0.5, 0.6) is 0 Å². The van der Waals surface area contributed by atoms with Gasteiger partial charge in [-0.15, -0.1) is 0 Å². The second-order valence-corrected chi connectivity index (χ2v) is 5.78. The molecule has 0 aliphatic carbocycles. The normalized spacial score (nSPS) is 21.0. The molecule has 1 fully saturated rings. The third-order valence-electron chi connectivity index (χ3n) is 3.02. The standard InChI is InChI=1S/C13H23N3O/c1-13(2,3)15-8-11-7-14-10-16(11)9-12-5-4-6-17-12/h7,10,12,15H,4-6,8-9H2,1-3H3. The van der Waals surface area contributed by atoms with E-state index in [2.05, 4.69) is 35.6 Å². The summed E-state index contributed by atoms with van der Waals surface area (Å²) in [7, 11) is 0. The largest absolute Gasteiger partial charge is 0.376 e. The molecule has 0 bridgehead atoms. The van der Waals surface area contributed by atoms with E-state index in [-0.39, 0.29) is 5.54 Å². The molecule has 2 heterocycles. The Balaban J connectivity index is 1.91. The maximum Gasteiger partial charge on any atom is 0.0949 e. The Bertz CT molecular complexity index is 348. The molecule has 2 rings (SSSR count). The van der Waals surface area contributed by atoms with Crippen LogP contribution in [0, 0.1) is 0 Å². The topological polar surface area (TPSA) is 39.1 Å². The highest BCUT2D eigenvalue weighted by atomic mass is 16.5. The van der Waals surface area contributed by atoms with Gasteiger partial charge < -0.3 is 14.6 Å². The molecule has 1 saturated heterocycles. The summed E-state index contributed by atoms with van der Waals surface area (Å²) in [5.41, 5.74) is 1.37. The van der Waals surface area contributed by atoms with E-state index < -0.39 is 0 Å². The van der Waals surface area contributed by atoms with Crippen LogP contribution in [0.1, 0.15) is 39.3 Å². The summed E-state index contributed by atoms with van der Waals surface area (Å²) >= 11 is 0. The van der Waals surface area contributed by atoms with Crippen LogP contribution in [-0.4, -0.2) is 27.8 Å². The van der Waals surface area contributed by atoms with E-state index >= 15 is 0 Å². The zero-order valence-electron chi connectivity index (χ0n) is 11.1. The van der Waals surface area contributed by atoms with Gasteiger partial charge in [-0.3, -0.25) is 0 Å². The summed E-state index contributed by atoms with van der Waals surface area (Å²) in [6.07, 6.45) is 6.58. The molecule has 1 aromatic rings. The summed E-state index contributed by atoms with van der Waals surface area (Å²) in [5, 5.41) is 3.49. The monoisotopic (exact) mass is 237 g/mol. The van der Waals surface area contributed by atoms with Crippen molar-refractivity contribution in [1.29, 1.82) is 0 Å². The van der Waals surface area contributed by atoms with Gasteiger partial charge in [-0.1, -0.05) is 0 Å². The molecule has 96 valence electrons. The number of rotatable bonds is 4. The Labute approximate surface area is 103 Å². The molecule has 1 unspecified atom stereocenters. The first-order valence-electron chi connectivity index (χ1n) is 6.40. The van der Waals surface area contributed by atoms with Crippen LogP contribution in [0.15, 0.2) is 12.5 Å². The summed E-state index contributed by atoms with van der Waals surface area (Å²) in [6.45, 7) is 9.22. The van der Waals surface area contributed by atoms with Gasteiger partial charge in [-0.2, -0.15) is 0 Å². The van der Waals surface area contributed by atoms with Gasteiger partial charge in [0.05, 0.1) is 24.7 Å². The second kappa shape index (κ2) is 5.19. The average Bonchev–Trinajstić information content (AvgIpc) is 2.86. The maximum absolute atomic E-state index is 5.66. The van der Waals surface area contributed by atoms with Gasteiger partial charge in [0, 0.05) is 24.9 Å². The molecular weight excluding hydrogens is 214 g/mol. The van der Waals surface area contributed by atoms with Gasteiger partial charge in [0.25, 0.3) is 0 Å². The summed E-state index contributed by atoms with van der Waals surface area (Å²) in [5.74, 6) is 0. The lowest BCUT2D eigenvalue weighted by atomic mass is 10.1. The van der Waals surface area contributed by atoms with Crippen molar-refractivity contribution in [3.05, 3.63) is 18.2 Å². The molecule has 0 amide bonds. The number of ether oxygens (including phenoxy) is 1. The Morgan fingerprint density at radius 1 is 1.53 bits per heavy atom. The first kappa shape index (κ1) is 12.6. The van der Waals surface area contributed by atoms with Crippen LogP contribution in [0.25, 0.3) is 0 Å². The van der Waals surface area contributed by atoms with E-state index in [1.807, 2.05) is 12.5 Å². The molecule has 0 spiro atoms. The Morgan fingerprint density at radius 2 is 2.35 bits per heavy atom. The van der Waals surface area contributed by atoms with Crippen LogP contribution in [-0.2, 0) is 17.8 Å². The Kier molecular flexibility index (Phi) is 3.84. The van der Waals surface area contributed by atoms with Crippen LogP contribution in [0.3, 0.4) is 0 Å². The highest BCUT2D eigenvalue weighted by Gasteiger charge is 2.17. The van der Waals surface area contributed by atoms with Gasteiger partial charge in [0.2, 0.25) is 0 Å².